The second kappa shape index (κ2) is 8.67. The van der Waals surface area contributed by atoms with Crippen molar-refractivity contribution >= 4 is 10.8 Å². The molecule has 0 aliphatic carbocycles. The summed E-state index contributed by atoms with van der Waals surface area (Å²) in [6.45, 7) is 2.14. The molecule has 5 aromatic rings. The van der Waals surface area contributed by atoms with Gasteiger partial charge in [0.05, 0.1) is 7.05 Å². The maximum Gasteiger partial charge on any atom is 0.228 e. The number of aromatic nitrogens is 2. The number of fused-ring (bicyclic) bond motifs is 1. The van der Waals surface area contributed by atoms with Gasteiger partial charge in [-0.05, 0) is 17.7 Å². The van der Waals surface area contributed by atoms with Crippen LogP contribution in [-0.2, 0) is 39.8 Å². The molecule has 2 nitrogen and oxygen atoms in total. The Bertz CT molecular complexity index is 1310. The normalized spacial score (nSPS) is 10.7. The molecular formula is C27H21N2Y-. The van der Waals surface area contributed by atoms with Crippen molar-refractivity contribution in [3.63, 3.8) is 0 Å². The summed E-state index contributed by atoms with van der Waals surface area (Å²) in [6.07, 6.45) is 4.20. The van der Waals surface area contributed by atoms with Crippen LogP contribution in [0.5, 0.6) is 0 Å². The van der Waals surface area contributed by atoms with Crippen molar-refractivity contribution in [3.05, 3.63) is 109 Å². The van der Waals surface area contributed by atoms with Crippen molar-refractivity contribution in [2.24, 2.45) is 7.05 Å². The van der Waals surface area contributed by atoms with E-state index in [1.54, 1.807) is 0 Å². The van der Waals surface area contributed by atoms with Gasteiger partial charge in [-0.25, -0.2) is 10.1 Å². The number of rotatable bonds is 3. The van der Waals surface area contributed by atoms with Crippen LogP contribution in [0.3, 0.4) is 0 Å². The van der Waals surface area contributed by atoms with Gasteiger partial charge in [0.25, 0.3) is 0 Å². The van der Waals surface area contributed by atoms with E-state index in [9.17, 15) is 0 Å². The van der Waals surface area contributed by atoms with E-state index >= 15 is 0 Å². The molecule has 0 N–H and O–H groups in total. The molecule has 0 atom stereocenters. The fourth-order valence-electron chi connectivity index (χ4n) is 3.90. The Morgan fingerprint density at radius 2 is 1.60 bits per heavy atom. The number of aryl methyl sites for hydroxylation is 2. The number of para-hydroxylation sites is 1. The second-order valence-electron chi connectivity index (χ2n) is 7.31. The minimum Gasteiger partial charge on any atom is -0.265 e. The van der Waals surface area contributed by atoms with Gasteiger partial charge in [0.15, 0.2) is 0 Å². The third-order valence-electron chi connectivity index (χ3n) is 5.40. The van der Waals surface area contributed by atoms with Crippen LogP contribution < -0.4 is 4.57 Å². The summed E-state index contributed by atoms with van der Waals surface area (Å²) in [7, 11) is 2.08. The summed E-state index contributed by atoms with van der Waals surface area (Å²) in [5.41, 5.74) is 5.58. The Balaban J connectivity index is 0.00000218. The maximum absolute atomic E-state index is 3.70. The van der Waals surface area contributed by atoms with Gasteiger partial charge in [0.2, 0.25) is 5.82 Å². The molecule has 0 saturated carbocycles. The number of nitrogens with zero attached hydrogens (tertiary/aromatic N) is 2. The Kier molecular flexibility index (Phi) is 5.99. The second-order valence-corrected chi connectivity index (χ2v) is 7.31. The Labute approximate surface area is 202 Å². The molecule has 0 unspecified atom stereocenters. The Hall–Kier alpha value is -2.55. The van der Waals surface area contributed by atoms with Gasteiger partial charge >= 0.3 is 0 Å². The van der Waals surface area contributed by atoms with E-state index in [0.717, 1.165) is 28.2 Å². The summed E-state index contributed by atoms with van der Waals surface area (Å²) in [6, 6.07) is 34.4. The summed E-state index contributed by atoms with van der Waals surface area (Å²) >= 11 is 0. The SMILES string of the molecule is Cc1ccc(-c2[c-]ccc3ccccc23)[c-]c1-c1n(-c2ccccc2)cc[n+]1C.[Y]. The summed E-state index contributed by atoms with van der Waals surface area (Å²) in [5, 5.41) is 2.42. The average molecular weight is 462 g/mol. The zero-order valence-electron chi connectivity index (χ0n) is 17.1. The molecule has 143 valence electrons. The summed E-state index contributed by atoms with van der Waals surface area (Å²) in [5.74, 6) is 1.11. The van der Waals surface area contributed by atoms with Gasteiger partial charge in [-0.2, -0.15) is 29.8 Å². The first kappa shape index (κ1) is 20.7. The smallest absolute Gasteiger partial charge is 0.228 e. The molecule has 0 spiro atoms. The minimum absolute atomic E-state index is 0. The molecule has 0 amide bonds. The molecule has 1 aromatic heterocycles. The van der Waals surface area contributed by atoms with Crippen molar-refractivity contribution in [2.75, 3.05) is 0 Å². The van der Waals surface area contributed by atoms with Gasteiger partial charge in [-0.15, -0.1) is 34.5 Å². The first-order valence-corrected chi connectivity index (χ1v) is 9.78. The van der Waals surface area contributed by atoms with Gasteiger partial charge in [-0.1, -0.05) is 43.3 Å². The minimum atomic E-state index is 0. The standard InChI is InChI=1S/C27H21N2.Y/c1-20-15-16-22(25-14-8-10-21-9-6-7-13-24(21)25)19-26(20)27-28(2)17-18-29(27)23-11-4-3-5-12-23;/h3-13,15-18H,1-2H3;/q-1;. The van der Waals surface area contributed by atoms with Crippen molar-refractivity contribution < 1.29 is 37.3 Å². The number of imidazole rings is 1. The molecular weight excluding hydrogens is 441 g/mol. The van der Waals surface area contributed by atoms with Crippen LogP contribution in [0.25, 0.3) is 39.0 Å². The molecule has 30 heavy (non-hydrogen) atoms. The van der Waals surface area contributed by atoms with E-state index in [1.807, 2.05) is 12.1 Å². The molecule has 4 aromatic carbocycles. The van der Waals surface area contributed by atoms with Crippen molar-refractivity contribution in [2.45, 2.75) is 6.92 Å². The molecule has 0 fully saturated rings. The monoisotopic (exact) mass is 462 g/mol. The van der Waals surface area contributed by atoms with Crippen LogP contribution >= 0.6 is 0 Å². The van der Waals surface area contributed by atoms with E-state index in [-0.39, 0.29) is 32.7 Å². The molecule has 5 rings (SSSR count). The number of benzene rings is 4. The van der Waals surface area contributed by atoms with Crippen LogP contribution in [0.4, 0.5) is 0 Å². The molecule has 0 aliphatic heterocycles. The van der Waals surface area contributed by atoms with Gasteiger partial charge < -0.3 is 0 Å². The van der Waals surface area contributed by atoms with Crippen LogP contribution in [0.15, 0.2) is 91.3 Å². The predicted molar refractivity (Wildman–Crippen MR) is 118 cm³/mol. The number of hydrogen-bond acceptors (Lipinski definition) is 0. The quantitative estimate of drug-likeness (QED) is 0.241. The first-order chi connectivity index (χ1) is 14.2. The summed E-state index contributed by atoms with van der Waals surface area (Å²) in [4.78, 5) is 0. The fraction of sp³-hybridized carbons (Fsp3) is 0.0741. The van der Waals surface area contributed by atoms with Crippen LogP contribution in [0, 0.1) is 19.1 Å². The summed E-state index contributed by atoms with van der Waals surface area (Å²) < 4.78 is 4.37. The molecule has 0 aliphatic rings. The zero-order valence-corrected chi connectivity index (χ0v) is 20.0. The van der Waals surface area contributed by atoms with E-state index in [0.29, 0.717) is 0 Å². The average Bonchev–Trinajstić information content (AvgIpc) is 3.15. The third-order valence-corrected chi connectivity index (χ3v) is 5.40. The van der Waals surface area contributed by atoms with Crippen LogP contribution in [0.1, 0.15) is 5.56 Å². The third kappa shape index (κ3) is 3.66. The van der Waals surface area contributed by atoms with Gasteiger partial charge in [0.1, 0.15) is 18.1 Å². The zero-order chi connectivity index (χ0) is 19.8. The Morgan fingerprint density at radius 3 is 2.43 bits per heavy atom. The predicted octanol–water partition coefficient (Wildman–Crippen LogP) is 5.70. The number of hydrogen-bond donors (Lipinski definition) is 0. The van der Waals surface area contributed by atoms with Crippen molar-refractivity contribution in [1.29, 1.82) is 0 Å². The Morgan fingerprint density at radius 1 is 0.833 bits per heavy atom. The van der Waals surface area contributed by atoms with E-state index < -0.39 is 0 Å². The molecule has 1 heterocycles. The molecule has 3 heteroatoms. The van der Waals surface area contributed by atoms with Gasteiger partial charge in [0, 0.05) is 32.7 Å². The fourth-order valence-corrected chi connectivity index (χ4v) is 3.90. The largest absolute Gasteiger partial charge is 0.265 e. The van der Waals surface area contributed by atoms with E-state index in [1.165, 1.54) is 16.3 Å². The molecule has 0 bridgehead atoms. The maximum atomic E-state index is 3.70. The molecule has 1 radical (unpaired) electrons. The topological polar surface area (TPSA) is 8.81 Å². The van der Waals surface area contributed by atoms with Crippen LogP contribution in [0.2, 0.25) is 0 Å². The molecule has 0 saturated heterocycles. The van der Waals surface area contributed by atoms with E-state index in [2.05, 4.69) is 114 Å². The van der Waals surface area contributed by atoms with Crippen molar-refractivity contribution in [1.82, 2.24) is 4.57 Å². The van der Waals surface area contributed by atoms with Crippen LogP contribution in [-0.4, -0.2) is 4.57 Å². The first-order valence-electron chi connectivity index (χ1n) is 9.78. The van der Waals surface area contributed by atoms with Crippen molar-refractivity contribution in [3.8, 4) is 28.2 Å². The van der Waals surface area contributed by atoms with E-state index in [4.69, 9.17) is 0 Å². The van der Waals surface area contributed by atoms with Gasteiger partial charge in [-0.3, -0.25) is 4.57 Å².